The van der Waals surface area contributed by atoms with E-state index in [1.54, 1.807) is 6.92 Å². The summed E-state index contributed by atoms with van der Waals surface area (Å²) in [6.45, 7) is 2.24. The number of aryl methyl sites for hydroxylation is 1. The van der Waals surface area contributed by atoms with Gasteiger partial charge in [-0.05, 0) is 19.8 Å². The molecular weight excluding hydrogens is 248 g/mol. The van der Waals surface area contributed by atoms with Crippen molar-refractivity contribution < 1.29 is 14.7 Å². The van der Waals surface area contributed by atoms with Gasteiger partial charge in [-0.1, -0.05) is 0 Å². The van der Waals surface area contributed by atoms with Crippen molar-refractivity contribution in [2.24, 2.45) is 0 Å². The second-order valence-corrected chi connectivity index (χ2v) is 4.79. The van der Waals surface area contributed by atoms with Crippen molar-refractivity contribution in [2.75, 3.05) is 6.54 Å². The van der Waals surface area contributed by atoms with Crippen LogP contribution in [0.15, 0.2) is 17.1 Å². The topological polar surface area (TPSA) is 90.5 Å². The van der Waals surface area contributed by atoms with Gasteiger partial charge in [-0.25, -0.2) is 0 Å². The molecule has 2 N–H and O–H groups in total. The van der Waals surface area contributed by atoms with E-state index in [-0.39, 0.29) is 29.4 Å². The highest BCUT2D eigenvalue weighted by Gasteiger charge is 2.31. The molecule has 1 saturated heterocycles. The smallest absolute Gasteiger partial charge is 0.305 e. The van der Waals surface area contributed by atoms with Crippen molar-refractivity contribution in [1.29, 1.82) is 0 Å². The number of pyridine rings is 1. The van der Waals surface area contributed by atoms with E-state index in [2.05, 4.69) is 4.98 Å². The van der Waals surface area contributed by atoms with Gasteiger partial charge in [0.25, 0.3) is 5.91 Å². The van der Waals surface area contributed by atoms with Crippen LogP contribution in [0.25, 0.3) is 0 Å². The van der Waals surface area contributed by atoms with Crippen molar-refractivity contribution in [3.05, 3.63) is 33.7 Å². The molecule has 0 radical (unpaired) electrons. The van der Waals surface area contributed by atoms with Crippen LogP contribution in [0, 0.1) is 6.92 Å². The molecule has 1 aliphatic heterocycles. The Morgan fingerprint density at radius 3 is 2.89 bits per heavy atom. The highest BCUT2D eigenvalue weighted by molar-refractivity contribution is 5.94. The van der Waals surface area contributed by atoms with Gasteiger partial charge in [-0.15, -0.1) is 0 Å². The summed E-state index contributed by atoms with van der Waals surface area (Å²) in [6.07, 6.45) is 2.76. The fourth-order valence-corrected chi connectivity index (χ4v) is 2.41. The summed E-state index contributed by atoms with van der Waals surface area (Å²) in [4.78, 5) is 39.2. The van der Waals surface area contributed by atoms with E-state index in [0.717, 1.165) is 6.42 Å². The number of carboxylic acid groups (broad SMARTS) is 1. The molecule has 6 heteroatoms. The maximum Gasteiger partial charge on any atom is 0.305 e. The van der Waals surface area contributed by atoms with Crippen LogP contribution in [0.5, 0.6) is 0 Å². The Hall–Kier alpha value is -2.11. The number of amides is 1. The summed E-state index contributed by atoms with van der Waals surface area (Å²) in [6, 6.07) is 1.06. The molecule has 102 valence electrons. The Bertz CT molecular complexity index is 564. The molecule has 2 heterocycles. The zero-order valence-corrected chi connectivity index (χ0v) is 10.7. The number of carbonyl (C=O) groups is 2. The van der Waals surface area contributed by atoms with Crippen LogP contribution in [0.2, 0.25) is 0 Å². The van der Waals surface area contributed by atoms with Gasteiger partial charge in [-0.3, -0.25) is 14.4 Å². The van der Waals surface area contributed by atoms with E-state index in [1.165, 1.54) is 17.2 Å². The van der Waals surface area contributed by atoms with E-state index in [4.69, 9.17) is 5.11 Å². The number of likely N-dealkylation sites (tertiary alicyclic amines) is 1. The van der Waals surface area contributed by atoms with Crippen LogP contribution in [0.3, 0.4) is 0 Å². The third-order valence-corrected chi connectivity index (χ3v) is 3.34. The highest BCUT2D eigenvalue weighted by Crippen LogP contribution is 2.21. The van der Waals surface area contributed by atoms with Gasteiger partial charge in [0.05, 0.1) is 6.42 Å². The number of aromatic nitrogens is 1. The standard InChI is InChI=1S/C13H16N2O4/c1-8-5-11(16)10(7-14-8)13(19)15-4-2-3-9(15)6-12(17)18/h5,7,9H,2-4,6H2,1H3,(H,14,16)(H,17,18). The van der Waals surface area contributed by atoms with Crippen LogP contribution in [0.1, 0.15) is 35.3 Å². The quantitative estimate of drug-likeness (QED) is 0.843. The average Bonchev–Trinajstić information content (AvgIpc) is 2.75. The number of aliphatic carboxylic acids is 1. The third-order valence-electron chi connectivity index (χ3n) is 3.34. The van der Waals surface area contributed by atoms with Crippen molar-refractivity contribution in [1.82, 2.24) is 9.88 Å². The lowest BCUT2D eigenvalue weighted by molar-refractivity contribution is -0.137. The summed E-state index contributed by atoms with van der Waals surface area (Å²) in [5.74, 6) is -1.31. The monoisotopic (exact) mass is 264 g/mol. The summed E-state index contributed by atoms with van der Waals surface area (Å²) in [5, 5.41) is 8.83. The van der Waals surface area contributed by atoms with E-state index in [1.807, 2.05) is 0 Å². The van der Waals surface area contributed by atoms with Gasteiger partial charge in [0.1, 0.15) is 5.56 Å². The molecule has 0 aromatic carbocycles. The third kappa shape index (κ3) is 2.83. The number of carbonyl (C=O) groups excluding carboxylic acids is 1. The molecule has 1 aliphatic rings. The number of hydrogen-bond donors (Lipinski definition) is 2. The van der Waals surface area contributed by atoms with Crippen molar-refractivity contribution in [3.63, 3.8) is 0 Å². The van der Waals surface area contributed by atoms with Crippen molar-refractivity contribution >= 4 is 11.9 Å². The molecule has 1 aromatic heterocycles. The SMILES string of the molecule is Cc1cc(=O)c(C(=O)N2CCCC2CC(=O)O)c[nH]1. The van der Waals surface area contributed by atoms with Crippen molar-refractivity contribution in [2.45, 2.75) is 32.2 Å². The summed E-state index contributed by atoms with van der Waals surface area (Å²) in [7, 11) is 0. The fourth-order valence-electron chi connectivity index (χ4n) is 2.41. The van der Waals surface area contributed by atoms with Gasteiger partial charge >= 0.3 is 5.97 Å². The Kier molecular flexibility index (Phi) is 3.69. The first-order valence-electron chi connectivity index (χ1n) is 6.21. The molecular formula is C13H16N2O4. The maximum absolute atomic E-state index is 12.3. The predicted molar refractivity (Wildman–Crippen MR) is 68.1 cm³/mol. The fraction of sp³-hybridized carbons (Fsp3) is 0.462. The molecule has 19 heavy (non-hydrogen) atoms. The second-order valence-electron chi connectivity index (χ2n) is 4.79. The number of nitrogens with one attached hydrogen (secondary N) is 1. The first kappa shape index (κ1) is 13.3. The molecule has 0 aliphatic carbocycles. The van der Waals surface area contributed by atoms with E-state index in [9.17, 15) is 14.4 Å². The van der Waals surface area contributed by atoms with Gasteiger partial charge in [0, 0.05) is 30.5 Å². The lowest BCUT2D eigenvalue weighted by atomic mass is 10.1. The Morgan fingerprint density at radius 1 is 1.53 bits per heavy atom. The average molecular weight is 264 g/mol. The predicted octanol–water partition coefficient (Wildman–Crippen LogP) is 0.763. The van der Waals surface area contributed by atoms with Crippen molar-refractivity contribution in [3.8, 4) is 0 Å². The molecule has 0 bridgehead atoms. The Balaban J connectivity index is 2.23. The van der Waals surface area contributed by atoms with Crippen LogP contribution >= 0.6 is 0 Å². The van der Waals surface area contributed by atoms with Crippen LogP contribution in [-0.2, 0) is 4.79 Å². The molecule has 1 aromatic rings. The number of nitrogens with zero attached hydrogens (tertiary/aromatic N) is 1. The molecule has 1 unspecified atom stereocenters. The first-order valence-corrected chi connectivity index (χ1v) is 6.21. The number of hydrogen-bond acceptors (Lipinski definition) is 3. The van der Waals surface area contributed by atoms with E-state index < -0.39 is 5.97 Å². The second kappa shape index (κ2) is 5.26. The molecule has 1 fully saturated rings. The summed E-state index contributed by atoms with van der Waals surface area (Å²) < 4.78 is 0. The van der Waals surface area contributed by atoms with Crippen LogP contribution < -0.4 is 5.43 Å². The first-order chi connectivity index (χ1) is 8.99. The molecule has 0 spiro atoms. The molecule has 2 rings (SSSR count). The van der Waals surface area contributed by atoms with Gasteiger partial charge in [0.15, 0.2) is 5.43 Å². The van der Waals surface area contributed by atoms with Gasteiger partial charge < -0.3 is 15.0 Å². The lowest BCUT2D eigenvalue weighted by Crippen LogP contribution is -2.39. The number of rotatable bonds is 3. The molecule has 0 saturated carbocycles. The van der Waals surface area contributed by atoms with Gasteiger partial charge in [-0.2, -0.15) is 0 Å². The Morgan fingerprint density at radius 2 is 2.26 bits per heavy atom. The summed E-state index contributed by atoms with van der Waals surface area (Å²) in [5.41, 5.74) is 0.426. The van der Waals surface area contributed by atoms with Crippen LogP contribution in [-0.4, -0.2) is 39.5 Å². The van der Waals surface area contributed by atoms with E-state index >= 15 is 0 Å². The molecule has 1 amide bonds. The lowest BCUT2D eigenvalue weighted by Gasteiger charge is -2.23. The molecule has 1 atom stereocenters. The van der Waals surface area contributed by atoms with Crippen LogP contribution in [0.4, 0.5) is 0 Å². The summed E-state index contributed by atoms with van der Waals surface area (Å²) >= 11 is 0. The minimum atomic E-state index is -0.928. The number of carboxylic acids is 1. The Labute approximate surface area is 110 Å². The van der Waals surface area contributed by atoms with E-state index in [0.29, 0.717) is 18.7 Å². The van der Waals surface area contributed by atoms with Gasteiger partial charge in [0.2, 0.25) is 0 Å². The maximum atomic E-state index is 12.3. The molecule has 6 nitrogen and oxygen atoms in total. The highest BCUT2D eigenvalue weighted by atomic mass is 16.4. The zero-order chi connectivity index (χ0) is 14.0. The number of H-pyrrole nitrogens is 1. The zero-order valence-electron chi connectivity index (χ0n) is 10.7. The number of aromatic amines is 1. The minimum Gasteiger partial charge on any atom is -0.481 e. The minimum absolute atomic E-state index is 0.0721. The largest absolute Gasteiger partial charge is 0.481 e. The normalized spacial score (nSPS) is 18.6.